The van der Waals surface area contributed by atoms with E-state index in [1.165, 1.54) is 0 Å². The van der Waals surface area contributed by atoms with Crippen molar-refractivity contribution in [3.8, 4) is 11.4 Å². The van der Waals surface area contributed by atoms with Crippen LogP contribution in [0, 0.1) is 6.92 Å². The van der Waals surface area contributed by atoms with E-state index in [2.05, 4.69) is 19.2 Å². The standard InChI is InChI=1S/C34H29N5O4S/c1-20(2)22-11-15-26(16-12-22)44(42,43)27-17-13-24(14-18-27)39-32-30(21(3)37-39)31(23-7-6-8-25(40)19-23)38-29-10-5-4-9-28(29)35-34(41)33(38)36-32/h4-20,31,40H,1-3H3,(H,35,41)/t31-/m1/s1. The lowest BCUT2D eigenvalue weighted by Crippen LogP contribution is -2.48. The second-order valence-corrected chi connectivity index (χ2v) is 13.2. The molecule has 2 aliphatic rings. The van der Waals surface area contributed by atoms with Crippen molar-refractivity contribution in [1.29, 1.82) is 0 Å². The molecule has 2 N–H and O–H groups in total. The molecule has 220 valence electrons. The van der Waals surface area contributed by atoms with Crippen LogP contribution in [0.1, 0.15) is 48.2 Å². The predicted molar refractivity (Wildman–Crippen MR) is 169 cm³/mol. The minimum absolute atomic E-state index is 0.101. The van der Waals surface area contributed by atoms with Gasteiger partial charge in [0.25, 0.3) is 5.91 Å². The zero-order valence-electron chi connectivity index (χ0n) is 24.3. The summed E-state index contributed by atoms with van der Waals surface area (Å²) < 4.78 is 28.4. The van der Waals surface area contributed by atoms with Crippen molar-refractivity contribution in [2.24, 2.45) is 4.99 Å². The monoisotopic (exact) mass is 603 g/mol. The number of fused-ring (bicyclic) bond motifs is 4. The van der Waals surface area contributed by atoms with E-state index in [-0.39, 0.29) is 27.3 Å². The Bertz CT molecular complexity index is 2080. The summed E-state index contributed by atoms with van der Waals surface area (Å²) in [5.74, 6) is 0.677. The number of amidine groups is 1. The van der Waals surface area contributed by atoms with Crippen LogP contribution in [0.25, 0.3) is 5.69 Å². The first kappa shape index (κ1) is 27.6. The van der Waals surface area contributed by atoms with E-state index in [0.717, 1.165) is 22.4 Å². The van der Waals surface area contributed by atoms with Crippen LogP contribution in [-0.4, -0.2) is 35.0 Å². The maximum absolute atomic E-state index is 13.4. The number of hydrogen-bond donors (Lipinski definition) is 2. The van der Waals surface area contributed by atoms with Crippen molar-refractivity contribution < 1.29 is 18.3 Å². The summed E-state index contributed by atoms with van der Waals surface area (Å²) in [6, 6.07) is 27.4. The molecule has 0 saturated carbocycles. The third kappa shape index (κ3) is 4.37. The quantitative estimate of drug-likeness (QED) is 0.239. The molecule has 44 heavy (non-hydrogen) atoms. The Kier molecular flexibility index (Phi) is 6.40. The SMILES string of the molecule is Cc1nn(-c2ccc(S(=O)(=O)c3ccc(C(C)C)cc3)cc2)c2c1[C@@H](c1cccc(O)c1)N1C(=N2)C(=O)Nc2ccccc21. The number of anilines is 2. The third-order valence-corrected chi connectivity index (χ3v) is 9.89. The minimum atomic E-state index is -3.73. The number of phenols is 1. The Hall–Kier alpha value is -5.22. The van der Waals surface area contributed by atoms with Crippen LogP contribution in [0.15, 0.2) is 112 Å². The molecule has 1 amide bonds. The average molecular weight is 604 g/mol. The van der Waals surface area contributed by atoms with E-state index >= 15 is 0 Å². The fraction of sp³-hybridized carbons (Fsp3) is 0.147. The lowest BCUT2D eigenvalue weighted by Gasteiger charge is -2.40. The van der Waals surface area contributed by atoms with Crippen LogP contribution in [0.3, 0.4) is 0 Å². The summed E-state index contributed by atoms with van der Waals surface area (Å²) >= 11 is 0. The summed E-state index contributed by atoms with van der Waals surface area (Å²) in [5, 5.41) is 18.1. The highest BCUT2D eigenvalue weighted by Crippen LogP contribution is 2.47. The van der Waals surface area contributed by atoms with E-state index in [1.54, 1.807) is 59.3 Å². The van der Waals surface area contributed by atoms with Crippen molar-refractivity contribution in [3.05, 3.63) is 119 Å². The van der Waals surface area contributed by atoms with Crippen LogP contribution in [0.5, 0.6) is 5.75 Å². The molecule has 0 radical (unpaired) electrons. The normalized spacial score (nSPS) is 15.7. The summed E-state index contributed by atoms with van der Waals surface area (Å²) in [6.45, 7) is 6.00. The molecular weight excluding hydrogens is 574 g/mol. The van der Waals surface area contributed by atoms with Gasteiger partial charge in [-0.25, -0.2) is 18.1 Å². The van der Waals surface area contributed by atoms with Crippen molar-refractivity contribution >= 4 is 38.8 Å². The number of nitrogens with one attached hydrogen (secondary N) is 1. The van der Waals surface area contributed by atoms with Gasteiger partial charge in [-0.15, -0.1) is 0 Å². The lowest BCUT2D eigenvalue weighted by molar-refractivity contribution is -0.110. The van der Waals surface area contributed by atoms with Crippen LogP contribution in [0.4, 0.5) is 17.2 Å². The van der Waals surface area contributed by atoms with Gasteiger partial charge >= 0.3 is 0 Å². The Morgan fingerprint density at radius 2 is 1.57 bits per heavy atom. The highest BCUT2D eigenvalue weighted by atomic mass is 32.2. The predicted octanol–water partition coefficient (Wildman–Crippen LogP) is 6.43. The van der Waals surface area contributed by atoms with Crippen molar-refractivity contribution in [2.75, 3.05) is 10.2 Å². The molecule has 0 aliphatic carbocycles. The molecule has 3 heterocycles. The second-order valence-electron chi connectivity index (χ2n) is 11.2. The number of benzene rings is 4. The first-order valence-corrected chi connectivity index (χ1v) is 15.7. The van der Waals surface area contributed by atoms with Crippen molar-refractivity contribution in [1.82, 2.24) is 9.78 Å². The minimum Gasteiger partial charge on any atom is -0.508 e. The zero-order chi connectivity index (χ0) is 30.7. The van der Waals surface area contributed by atoms with Crippen LogP contribution in [0.2, 0.25) is 0 Å². The van der Waals surface area contributed by atoms with Crippen LogP contribution >= 0.6 is 0 Å². The first-order chi connectivity index (χ1) is 21.1. The maximum atomic E-state index is 13.4. The Morgan fingerprint density at radius 3 is 2.25 bits per heavy atom. The smallest absolute Gasteiger partial charge is 0.291 e. The number of phenolic OH excluding ortho intramolecular Hbond substituents is 1. The third-order valence-electron chi connectivity index (χ3n) is 8.10. The summed E-state index contributed by atoms with van der Waals surface area (Å²) in [6.07, 6.45) is 0. The molecule has 2 aliphatic heterocycles. The number of sulfone groups is 1. The molecular formula is C34H29N5O4S. The molecule has 1 atom stereocenters. The highest BCUT2D eigenvalue weighted by molar-refractivity contribution is 7.91. The molecule has 10 heteroatoms. The number of amides is 1. The molecule has 9 nitrogen and oxygen atoms in total. The largest absolute Gasteiger partial charge is 0.508 e. The van der Waals surface area contributed by atoms with Gasteiger partial charge in [0.2, 0.25) is 15.7 Å². The highest BCUT2D eigenvalue weighted by Gasteiger charge is 2.42. The molecule has 0 saturated heterocycles. The molecule has 1 aromatic heterocycles. The van der Waals surface area contributed by atoms with Gasteiger partial charge in [0.15, 0.2) is 5.82 Å². The zero-order valence-corrected chi connectivity index (χ0v) is 25.1. The van der Waals surface area contributed by atoms with Gasteiger partial charge in [-0.05, 0) is 84.6 Å². The fourth-order valence-corrected chi connectivity index (χ4v) is 7.13. The Balaban J connectivity index is 1.35. The van der Waals surface area contributed by atoms with E-state index in [4.69, 9.17) is 10.1 Å². The van der Waals surface area contributed by atoms with Crippen molar-refractivity contribution in [2.45, 2.75) is 42.5 Å². The number of rotatable bonds is 5. The van der Waals surface area contributed by atoms with E-state index in [0.29, 0.717) is 28.8 Å². The number of aromatic nitrogens is 2. The number of aliphatic imine (C=N–C) groups is 1. The molecule has 0 fully saturated rings. The maximum Gasteiger partial charge on any atom is 0.291 e. The van der Waals surface area contributed by atoms with Crippen LogP contribution < -0.4 is 10.2 Å². The van der Waals surface area contributed by atoms with Gasteiger partial charge in [-0.2, -0.15) is 5.10 Å². The average Bonchev–Trinajstić information content (AvgIpc) is 3.36. The molecule has 0 unspecified atom stereocenters. The van der Waals surface area contributed by atoms with Gasteiger partial charge in [0.1, 0.15) is 5.75 Å². The van der Waals surface area contributed by atoms with E-state index in [9.17, 15) is 18.3 Å². The van der Waals surface area contributed by atoms with E-state index in [1.807, 2.05) is 54.3 Å². The van der Waals surface area contributed by atoms with Gasteiger partial charge in [-0.3, -0.25) is 4.79 Å². The second kappa shape index (κ2) is 10.2. The number of carbonyl (C=O) groups is 1. The number of aromatic hydroxyl groups is 1. The Labute approximate surface area is 255 Å². The van der Waals surface area contributed by atoms with Gasteiger partial charge in [0, 0.05) is 5.56 Å². The number of hydrogen-bond acceptors (Lipinski definition) is 7. The van der Waals surface area contributed by atoms with Crippen molar-refractivity contribution in [3.63, 3.8) is 0 Å². The molecule has 7 rings (SSSR count). The van der Waals surface area contributed by atoms with E-state index < -0.39 is 15.9 Å². The topological polar surface area (TPSA) is 117 Å². The van der Waals surface area contributed by atoms with Crippen LogP contribution in [-0.2, 0) is 14.6 Å². The number of aryl methyl sites for hydroxylation is 1. The number of carbonyl (C=O) groups excluding carboxylic acids is 1. The van der Waals surface area contributed by atoms with Gasteiger partial charge in [0.05, 0.1) is 38.6 Å². The summed E-state index contributed by atoms with van der Waals surface area (Å²) in [7, 11) is -3.73. The Morgan fingerprint density at radius 1 is 0.886 bits per heavy atom. The lowest BCUT2D eigenvalue weighted by atomic mass is 9.93. The molecule has 5 aromatic rings. The molecule has 0 bridgehead atoms. The number of nitrogens with zero attached hydrogens (tertiary/aromatic N) is 4. The summed E-state index contributed by atoms with van der Waals surface area (Å²) in [4.78, 5) is 20.5. The summed E-state index contributed by atoms with van der Waals surface area (Å²) in [5.41, 5.74) is 5.30. The van der Waals surface area contributed by atoms with Gasteiger partial charge < -0.3 is 15.3 Å². The van der Waals surface area contributed by atoms with Gasteiger partial charge in [-0.1, -0.05) is 50.2 Å². The molecule has 4 aromatic carbocycles. The number of para-hydroxylation sites is 2. The molecule has 0 spiro atoms. The first-order valence-electron chi connectivity index (χ1n) is 14.3. The fourth-order valence-electron chi connectivity index (χ4n) is 5.87.